The zero-order valence-electron chi connectivity index (χ0n) is 18.8. The lowest BCUT2D eigenvalue weighted by Crippen LogP contribution is -2.46. The van der Waals surface area contributed by atoms with Gasteiger partial charge in [-0.25, -0.2) is 12.7 Å². The van der Waals surface area contributed by atoms with Crippen LogP contribution in [0.5, 0.6) is 0 Å². The fourth-order valence-corrected chi connectivity index (χ4v) is 5.94. The molecule has 5 nitrogen and oxygen atoms in total. The Morgan fingerprint density at radius 2 is 1.90 bits per heavy atom. The van der Waals surface area contributed by atoms with Gasteiger partial charge in [0.25, 0.3) is 0 Å². The Hall–Kier alpha value is -2.18. The molecule has 2 aromatic carbocycles. The van der Waals surface area contributed by atoms with Gasteiger partial charge in [0, 0.05) is 13.1 Å². The zero-order valence-corrected chi connectivity index (χ0v) is 19.6. The first-order chi connectivity index (χ1) is 14.8. The Morgan fingerprint density at radius 1 is 1.16 bits per heavy atom. The molecule has 1 N–H and O–H groups in total. The Labute approximate surface area is 186 Å². The Bertz CT molecular complexity index is 989. The molecule has 2 atom stereocenters. The van der Waals surface area contributed by atoms with Gasteiger partial charge in [-0.15, -0.1) is 0 Å². The Morgan fingerprint density at radius 3 is 2.61 bits per heavy atom. The maximum atomic E-state index is 12.9. The van der Waals surface area contributed by atoms with E-state index in [1.165, 1.54) is 9.87 Å². The van der Waals surface area contributed by atoms with Crippen LogP contribution in [0.4, 0.5) is 0 Å². The summed E-state index contributed by atoms with van der Waals surface area (Å²) < 4.78 is 27.2. The molecule has 1 fully saturated rings. The number of carbonyl (C=O) groups is 1. The molecule has 168 valence electrons. The van der Waals surface area contributed by atoms with Gasteiger partial charge in [-0.2, -0.15) is 0 Å². The fourth-order valence-electron chi connectivity index (χ4n) is 4.36. The highest BCUT2D eigenvalue weighted by molar-refractivity contribution is 7.89. The summed E-state index contributed by atoms with van der Waals surface area (Å²) in [5, 5.41) is 3.10. The minimum absolute atomic E-state index is 0.0586. The topological polar surface area (TPSA) is 66.5 Å². The van der Waals surface area contributed by atoms with E-state index in [1.807, 2.05) is 37.3 Å². The van der Waals surface area contributed by atoms with Gasteiger partial charge in [0.2, 0.25) is 15.9 Å². The highest BCUT2D eigenvalue weighted by Crippen LogP contribution is 2.23. The molecular formula is C25H34N2O3S. The highest BCUT2D eigenvalue weighted by atomic mass is 32.2. The number of amides is 1. The lowest BCUT2D eigenvalue weighted by atomic mass is 9.96. The molecule has 0 saturated carbocycles. The average Bonchev–Trinajstić information content (AvgIpc) is 2.74. The van der Waals surface area contributed by atoms with Crippen molar-refractivity contribution in [2.45, 2.75) is 52.5 Å². The van der Waals surface area contributed by atoms with Gasteiger partial charge < -0.3 is 5.32 Å². The number of aryl methyl sites for hydroxylation is 3. The van der Waals surface area contributed by atoms with E-state index in [1.54, 1.807) is 0 Å². The summed E-state index contributed by atoms with van der Waals surface area (Å²) in [7, 11) is -3.36. The standard InChI is InChI=1S/C25H34N2O3S/c1-19-13-14-24(20(2)17-19)21(3)26-25(28)23-12-7-15-27(18-23)31(29,30)16-8-11-22-9-5-4-6-10-22/h4-6,9-10,13-14,17,21,23H,7-8,11-12,15-16,18H2,1-3H3,(H,26,28)/t21-,23+/m1/s1. The number of sulfonamides is 1. The van der Waals surface area contributed by atoms with Gasteiger partial charge in [-0.05, 0) is 63.1 Å². The van der Waals surface area contributed by atoms with Gasteiger partial charge in [-0.1, -0.05) is 54.1 Å². The summed E-state index contributed by atoms with van der Waals surface area (Å²) in [4.78, 5) is 12.9. The predicted molar refractivity (Wildman–Crippen MR) is 125 cm³/mol. The largest absolute Gasteiger partial charge is 0.349 e. The predicted octanol–water partition coefficient (Wildman–Crippen LogP) is 4.16. The number of hydrogen-bond acceptors (Lipinski definition) is 3. The third-order valence-electron chi connectivity index (χ3n) is 6.11. The maximum Gasteiger partial charge on any atom is 0.224 e. The molecule has 6 heteroatoms. The van der Waals surface area contributed by atoms with Crippen molar-refractivity contribution in [1.29, 1.82) is 0 Å². The van der Waals surface area contributed by atoms with Crippen LogP contribution >= 0.6 is 0 Å². The number of rotatable bonds is 8. The van der Waals surface area contributed by atoms with Gasteiger partial charge in [0.15, 0.2) is 0 Å². The summed E-state index contributed by atoms with van der Waals surface area (Å²) in [5.74, 6) is -0.239. The lowest BCUT2D eigenvalue weighted by molar-refractivity contribution is -0.126. The molecule has 1 saturated heterocycles. The van der Waals surface area contributed by atoms with E-state index < -0.39 is 10.0 Å². The first-order valence-corrected chi connectivity index (χ1v) is 12.8. The zero-order chi connectivity index (χ0) is 22.4. The van der Waals surface area contributed by atoms with Gasteiger partial charge in [0.1, 0.15) is 0 Å². The first kappa shape index (κ1) is 23.5. The van der Waals surface area contributed by atoms with Crippen LogP contribution in [0, 0.1) is 19.8 Å². The molecule has 0 radical (unpaired) electrons. The lowest BCUT2D eigenvalue weighted by Gasteiger charge is -2.32. The fraction of sp³-hybridized carbons (Fsp3) is 0.480. The van der Waals surface area contributed by atoms with E-state index in [4.69, 9.17) is 0 Å². The molecule has 0 aliphatic carbocycles. The third-order valence-corrected chi connectivity index (χ3v) is 8.03. The normalized spacial score (nSPS) is 18.5. The number of piperidine rings is 1. The number of benzene rings is 2. The van der Waals surface area contributed by atoms with Crippen molar-refractivity contribution in [3.05, 3.63) is 70.8 Å². The van der Waals surface area contributed by atoms with Gasteiger partial charge >= 0.3 is 0 Å². The average molecular weight is 443 g/mol. The highest BCUT2D eigenvalue weighted by Gasteiger charge is 2.32. The van der Waals surface area contributed by atoms with E-state index in [9.17, 15) is 13.2 Å². The molecule has 0 unspecified atom stereocenters. The monoisotopic (exact) mass is 442 g/mol. The molecule has 2 aromatic rings. The van der Waals surface area contributed by atoms with Crippen molar-refractivity contribution in [2.75, 3.05) is 18.8 Å². The molecule has 1 heterocycles. The van der Waals surface area contributed by atoms with Crippen LogP contribution in [-0.4, -0.2) is 37.5 Å². The molecule has 1 amide bonds. The van der Waals surface area contributed by atoms with Crippen LogP contribution < -0.4 is 5.32 Å². The summed E-state index contributed by atoms with van der Waals surface area (Å²) in [5.41, 5.74) is 4.59. The molecule has 0 spiro atoms. The second kappa shape index (κ2) is 10.4. The molecule has 1 aliphatic rings. The summed E-state index contributed by atoms with van der Waals surface area (Å²) in [6.45, 7) is 6.87. The van der Waals surface area contributed by atoms with Crippen molar-refractivity contribution >= 4 is 15.9 Å². The van der Waals surface area contributed by atoms with E-state index in [2.05, 4.69) is 37.4 Å². The van der Waals surface area contributed by atoms with Crippen molar-refractivity contribution in [3.63, 3.8) is 0 Å². The van der Waals surface area contributed by atoms with Crippen molar-refractivity contribution in [2.24, 2.45) is 5.92 Å². The minimum atomic E-state index is -3.36. The van der Waals surface area contributed by atoms with Crippen LogP contribution in [-0.2, 0) is 21.2 Å². The maximum absolute atomic E-state index is 12.9. The summed E-state index contributed by atoms with van der Waals surface area (Å²) in [6, 6.07) is 16.0. The molecular weight excluding hydrogens is 408 g/mol. The van der Waals surface area contributed by atoms with E-state index in [0.29, 0.717) is 19.4 Å². The number of carbonyl (C=O) groups excluding carboxylic acids is 1. The van der Waals surface area contributed by atoms with Crippen LogP contribution in [0.3, 0.4) is 0 Å². The number of nitrogens with zero attached hydrogens (tertiary/aromatic N) is 1. The van der Waals surface area contributed by atoms with Crippen LogP contribution in [0.15, 0.2) is 48.5 Å². The van der Waals surface area contributed by atoms with E-state index >= 15 is 0 Å². The molecule has 31 heavy (non-hydrogen) atoms. The minimum Gasteiger partial charge on any atom is -0.349 e. The molecule has 3 rings (SSSR count). The first-order valence-electron chi connectivity index (χ1n) is 11.2. The van der Waals surface area contributed by atoms with Crippen LogP contribution in [0.1, 0.15) is 54.5 Å². The van der Waals surface area contributed by atoms with Crippen molar-refractivity contribution in [3.8, 4) is 0 Å². The number of nitrogens with one attached hydrogen (secondary N) is 1. The molecule has 0 bridgehead atoms. The smallest absolute Gasteiger partial charge is 0.224 e. The Balaban J connectivity index is 1.55. The van der Waals surface area contributed by atoms with Crippen LogP contribution in [0.25, 0.3) is 0 Å². The van der Waals surface area contributed by atoms with Crippen LogP contribution in [0.2, 0.25) is 0 Å². The number of hydrogen-bond donors (Lipinski definition) is 1. The van der Waals surface area contributed by atoms with Crippen molar-refractivity contribution in [1.82, 2.24) is 9.62 Å². The van der Waals surface area contributed by atoms with Gasteiger partial charge in [-0.3, -0.25) is 4.79 Å². The van der Waals surface area contributed by atoms with Crippen molar-refractivity contribution < 1.29 is 13.2 Å². The SMILES string of the molecule is Cc1ccc([C@@H](C)NC(=O)[C@H]2CCCN(S(=O)(=O)CCCc3ccccc3)C2)c(C)c1. The van der Waals surface area contributed by atoms with E-state index in [0.717, 1.165) is 29.5 Å². The summed E-state index contributed by atoms with van der Waals surface area (Å²) in [6.07, 6.45) is 2.77. The molecule has 1 aliphatic heterocycles. The second-order valence-electron chi connectivity index (χ2n) is 8.69. The summed E-state index contributed by atoms with van der Waals surface area (Å²) >= 11 is 0. The van der Waals surface area contributed by atoms with E-state index in [-0.39, 0.29) is 30.2 Å². The quantitative estimate of drug-likeness (QED) is 0.668. The second-order valence-corrected chi connectivity index (χ2v) is 10.8. The Kier molecular flexibility index (Phi) is 7.89. The third kappa shape index (κ3) is 6.40. The van der Waals surface area contributed by atoms with Gasteiger partial charge in [0.05, 0.1) is 17.7 Å². The molecule has 0 aromatic heterocycles.